The lowest BCUT2D eigenvalue weighted by Gasteiger charge is -2.31. The smallest absolute Gasteiger partial charge is 0.253 e. The van der Waals surface area contributed by atoms with E-state index in [9.17, 15) is 13.2 Å². The third-order valence-electron chi connectivity index (χ3n) is 3.10. The van der Waals surface area contributed by atoms with Crippen LogP contribution in [0.25, 0.3) is 0 Å². The van der Waals surface area contributed by atoms with E-state index in [2.05, 4.69) is 13.2 Å². The first-order valence-corrected chi connectivity index (χ1v) is 7.79. The van der Waals surface area contributed by atoms with Gasteiger partial charge in [0, 0.05) is 24.9 Å². The highest BCUT2D eigenvalue weighted by Gasteiger charge is 2.29. The third kappa shape index (κ3) is 3.57. The summed E-state index contributed by atoms with van der Waals surface area (Å²) in [5, 5.41) is -0.322. The van der Waals surface area contributed by atoms with E-state index in [1.807, 2.05) is 0 Å². The Bertz CT molecular complexity index is 468. The van der Waals surface area contributed by atoms with E-state index in [4.69, 9.17) is 0 Å². The van der Waals surface area contributed by atoms with Gasteiger partial charge in [-0.2, -0.15) is 0 Å². The van der Waals surface area contributed by atoms with Gasteiger partial charge in [-0.25, -0.2) is 8.42 Å². The standard InChI is InChI=1S/C13H19NO3S/c1-4-6-11(5-2)13(15)14-9-7-12(8-10-14)18(3,16)17/h4-6,12H,1-2,7-10H2,3H3/b11-6+. The number of hydrogen-bond donors (Lipinski definition) is 0. The van der Waals surface area contributed by atoms with Crippen LogP contribution in [0.1, 0.15) is 12.8 Å². The maximum absolute atomic E-state index is 12.1. The van der Waals surface area contributed by atoms with Crippen molar-refractivity contribution < 1.29 is 13.2 Å². The highest BCUT2D eigenvalue weighted by molar-refractivity contribution is 7.91. The number of rotatable bonds is 4. The summed E-state index contributed by atoms with van der Waals surface area (Å²) in [6.07, 6.45) is 6.90. The lowest BCUT2D eigenvalue weighted by Crippen LogP contribution is -2.42. The van der Waals surface area contributed by atoms with Crippen molar-refractivity contribution in [2.75, 3.05) is 19.3 Å². The fourth-order valence-electron chi connectivity index (χ4n) is 2.02. The average molecular weight is 269 g/mol. The summed E-state index contributed by atoms with van der Waals surface area (Å²) >= 11 is 0. The van der Waals surface area contributed by atoms with E-state index >= 15 is 0 Å². The topological polar surface area (TPSA) is 54.5 Å². The number of amides is 1. The van der Waals surface area contributed by atoms with Gasteiger partial charge in [-0.15, -0.1) is 0 Å². The molecule has 0 atom stereocenters. The van der Waals surface area contributed by atoms with Gasteiger partial charge in [0.1, 0.15) is 9.84 Å². The summed E-state index contributed by atoms with van der Waals surface area (Å²) in [4.78, 5) is 13.7. The number of likely N-dealkylation sites (tertiary alicyclic amines) is 1. The Morgan fingerprint density at radius 2 is 1.83 bits per heavy atom. The van der Waals surface area contributed by atoms with E-state index in [0.717, 1.165) is 0 Å². The minimum Gasteiger partial charge on any atom is -0.339 e. The van der Waals surface area contributed by atoms with Crippen molar-refractivity contribution in [1.29, 1.82) is 0 Å². The van der Waals surface area contributed by atoms with Crippen LogP contribution in [-0.4, -0.2) is 43.8 Å². The van der Waals surface area contributed by atoms with E-state index in [1.165, 1.54) is 18.4 Å². The average Bonchev–Trinajstić information content (AvgIpc) is 2.34. The quantitative estimate of drug-likeness (QED) is 0.571. The summed E-state index contributed by atoms with van der Waals surface area (Å²) < 4.78 is 22.8. The molecular weight excluding hydrogens is 250 g/mol. The molecule has 1 fully saturated rings. The second-order valence-electron chi connectivity index (χ2n) is 4.38. The molecule has 18 heavy (non-hydrogen) atoms. The number of allylic oxidation sites excluding steroid dienone is 2. The summed E-state index contributed by atoms with van der Waals surface area (Å²) in [5.74, 6) is -0.114. The summed E-state index contributed by atoms with van der Waals surface area (Å²) in [7, 11) is -3.00. The zero-order chi connectivity index (χ0) is 13.8. The first kappa shape index (κ1) is 14.7. The zero-order valence-corrected chi connectivity index (χ0v) is 11.4. The Hall–Kier alpha value is -1.36. The van der Waals surface area contributed by atoms with Crippen molar-refractivity contribution in [2.45, 2.75) is 18.1 Å². The molecule has 0 unspecified atom stereocenters. The van der Waals surface area contributed by atoms with Crippen molar-refractivity contribution in [1.82, 2.24) is 4.90 Å². The number of sulfone groups is 1. The molecule has 1 heterocycles. The van der Waals surface area contributed by atoms with Gasteiger partial charge in [0.05, 0.1) is 5.25 Å². The molecule has 1 aliphatic heterocycles. The van der Waals surface area contributed by atoms with E-state index in [1.54, 1.807) is 11.0 Å². The minimum absolute atomic E-state index is 0.114. The Balaban J connectivity index is 2.69. The van der Waals surface area contributed by atoms with Gasteiger partial charge in [-0.1, -0.05) is 31.4 Å². The van der Waals surface area contributed by atoms with Crippen LogP contribution in [0.3, 0.4) is 0 Å². The maximum Gasteiger partial charge on any atom is 0.253 e. The SMILES string of the molecule is C=C/C=C(\C=C)C(=O)N1CCC(S(C)(=O)=O)CC1. The second kappa shape index (κ2) is 6.00. The molecule has 1 saturated heterocycles. The monoisotopic (exact) mass is 269 g/mol. The zero-order valence-electron chi connectivity index (χ0n) is 10.6. The van der Waals surface area contributed by atoms with Crippen LogP contribution in [0.5, 0.6) is 0 Å². The van der Waals surface area contributed by atoms with Crippen molar-refractivity contribution in [3.8, 4) is 0 Å². The molecule has 0 N–H and O–H groups in total. The first-order chi connectivity index (χ1) is 8.40. The molecule has 100 valence electrons. The minimum atomic E-state index is -3.00. The molecule has 5 heteroatoms. The molecule has 1 rings (SSSR count). The molecule has 0 spiro atoms. The van der Waals surface area contributed by atoms with Crippen LogP contribution in [0.15, 0.2) is 37.0 Å². The van der Waals surface area contributed by atoms with Crippen molar-refractivity contribution >= 4 is 15.7 Å². The third-order valence-corrected chi connectivity index (χ3v) is 4.78. The van der Waals surface area contributed by atoms with Crippen molar-refractivity contribution in [2.24, 2.45) is 0 Å². The first-order valence-electron chi connectivity index (χ1n) is 5.83. The van der Waals surface area contributed by atoms with E-state index in [0.29, 0.717) is 31.5 Å². The van der Waals surface area contributed by atoms with Gasteiger partial charge >= 0.3 is 0 Å². The van der Waals surface area contributed by atoms with Crippen molar-refractivity contribution in [3.05, 3.63) is 37.0 Å². The maximum atomic E-state index is 12.1. The molecule has 0 saturated carbocycles. The van der Waals surface area contributed by atoms with Gasteiger partial charge in [-0.3, -0.25) is 4.79 Å². The van der Waals surface area contributed by atoms with Crippen LogP contribution in [0, 0.1) is 0 Å². The van der Waals surface area contributed by atoms with E-state index < -0.39 is 9.84 Å². The largest absolute Gasteiger partial charge is 0.339 e. The molecule has 0 aromatic carbocycles. The molecular formula is C13H19NO3S. The van der Waals surface area contributed by atoms with Gasteiger partial charge in [0.15, 0.2) is 0 Å². The van der Waals surface area contributed by atoms with Crippen LogP contribution in [-0.2, 0) is 14.6 Å². The molecule has 0 radical (unpaired) electrons. The van der Waals surface area contributed by atoms with Gasteiger partial charge in [-0.05, 0) is 12.8 Å². The Kier molecular flexibility index (Phi) is 4.90. The normalized spacial score (nSPS) is 18.5. The fourth-order valence-corrected chi connectivity index (χ4v) is 3.09. The Labute approximate surface area is 109 Å². The number of nitrogens with zero attached hydrogens (tertiary/aromatic N) is 1. The number of hydrogen-bond acceptors (Lipinski definition) is 3. The number of piperidine rings is 1. The predicted octanol–water partition coefficient (Wildman–Crippen LogP) is 1.32. The van der Waals surface area contributed by atoms with Crippen LogP contribution < -0.4 is 0 Å². The summed E-state index contributed by atoms with van der Waals surface area (Å²) in [6.45, 7) is 8.08. The van der Waals surface area contributed by atoms with E-state index in [-0.39, 0.29) is 11.2 Å². The lowest BCUT2D eigenvalue weighted by atomic mass is 10.1. The molecule has 0 aromatic heterocycles. The van der Waals surface area contributed by atoms with Crippen LogP contribution in [0.2, 0.25) is 0 Å². The Morgan fingerprint density at radius 3 is 2.22 bits per heavy atom. The lowest BCUT2D eigenvalue weighted by molar-refractivity contribution is -0.127. The highest BCUT2D eigenvalue weighted by Crippen LogP contribution is 2.18. The van der Waals surface area contributed by atoms with Gasteiger partial charge < -0.3 is 4.90 Å². The molecule has 0 bridgehead atoms. The van der Waals surface area contributed by atoms with Gasteiger partial charge in [0.25, 0.3) is 5.91 Å². The van der Waals surface area contributed by atoms with Gasteiger partial charge in [0.2, 0.25) is 0 Å². The van der Waals surface area contributed by atoms with Crippen LogP contribution in [0.4, 0.5) is 0 Å². The predicted molar refractivity (Wildman–Crippen MR) is 72.9 cm³/mol. The second-order valence-corrected chi connectivity index (χ2v) is 6.71. The van der Waals surface area contributed by atoms with Crippen molar-refractivity contribution in [3.63, 3.8) is 0 Å². The molecule has 4 nitrogen and oxygen atoms in total. The highest BCUT2D eigenvalue weighted by atomic mass is 32.2. The fraction of sp³-hybridized carbons (Fsp3) is 0.462. The Morgan fingerprint density at radius 1 is 1.28 bits per heavy atom. The molecule has 0 aliphatic carbocycles. The summed E-state index contributed by atoms with van der Waals surface area (Å²) in [5.41, 5.74) is 0.489. The number of carbonyl (C=O) groups is 1. The van der Waals surface area contributed by atoms with Crippen LogP contribution >= 0.6 is 0 Å². The molecule has 1 amide bonds. The summed E-state index contributed by atoms with van der Waals surface area (Å²) in [6, 6.07) is 0. The molecule has 0 aromatic rings. The molecule has 1 aliphatic rings. The number of carbonyl (C=O) groups excluding carboxylic acids is 1.